The molecule has 0 aromatic rings. The Morgan fingerprint density at radius 2 is 1.07 bits per heavy atom. The first-order valence-corrected chi connectivity index (χ1v) is 10.6. The molecule has 0 aromatic heterocycles. The summed E-state index contributed by atoms with van der Waals surface area (Å²) in [6, 6.07) is 0. The number of esters is 3. The zero-order chi connectivity index (χ0) is 22.1. The van der Waals surface area contributed by atoms with Crippen LogP contribution in [0.15, 0.2) is 0 Å². The number of hydrogen-bond donors (Lipinski definition) is 1. The molecule has 0 aliphatic heterocycles. The molecular formula is C21H38O8. The average Bonchev–Trinajstić information content (AvgIpc) is 2.68. The second kappa shape index (κ2) is 16.2. The molecule has 0 rings (SSSR count). The van der Waals surface area contributed by atoms with Gasteiger partial charge in [0, 0.05) is 19.3 Å². The van der Waals surface area contributed by atoms with Crippen LogP contribution >= 0.6 is 0 Å². The Morgan fingerprint density at radius 3 is 1.38 bits per heavy atom. The second-order valence-electron chi connectivity index (χ2n) is 7.29. The number of ether oxygens (including phenoxy) is 4. The molecule has 1 unspecified atom stereocenters. The van der Waals surface area contributed by atoms with Crippen LogP contribution in [-0.2, 0) is 33.3 Å². The highest BCUT2D eigenvalue weighted by Crippen LogP contribution is 2.23. The van der Waals surface area contributed by atoms with Crippen molar-refractivity contribution in [2.75, 3.05) is 26.4 Å². The van der Waals surface area contributed by atoms with Gasteiger partial charge in [-0.15, -0.1) is 0 Å². The van der Waals surface area contributed by atoms with Crippen LogP contribution < -0.4 is 0 Å². The SMILES string of the molecule is CCCC(=O)OCC(COC(=O)CCC)(COC(=O)CCC)COC(O)CCC. The molecule has 8 nitrogen and oxygen atoms in total. The number of aliphatic hydroxyl groups excluding tert-OH is 1. The molecule has 0 spiro atoms. The second-order valence-corrected chi connectivity index (χ2v) is 7.29. The van der Waals surface area contributed by atoms with Gasteiger partial charge in [0.15, 0.2) is 6.29 Å². The van der Waals surface area contributed by atoms with Crippen LogP contribution in [0.2, 0.25) is 0 Å². The summed E-state index contributed by atoms with van der Waals surface area (Å²) in [4.78, 5) is 35.7. The fourth-order valence-corrected chi connectivity index (χ4v) is 2.38. The summed E-state index contributed by atoms with van der Waals surface area (Å²) in [5.74, 6) is -1.19. The first-order valence-electron chi connectivity index (χ1n) is 10.6. The number of hydrogen-bond acceptors (Lipinski definition) is 8. The quantitative estimate of drug-likeness (QED) is 0.218. The maximum Gasteiger partial charge on any atom is 0.305 e. The zero-order valence-electron chi connectivity index (χ0n) is 18.4. The van der Waals surface area contributed by atoms with Gasteiger partial charge in [0.05, 0.1) is 12.0 Å². The van der Waals surface area contributed by atoms with E-state index in [2.05, 4.69) is 0 Å². The minimum absolute atomic E-state index is 0.0909. The van der Waals surface area contributed by atoms with Crippen molar-refractivity contribution in [3.05, 3.63) is 0 Å². The Morgan fingerprint density at radius 1 is 0.690 bits per heavy atom. The lowest BCUT2D eigenvalue weighted by Crippen LogP contribution is -2.44. The lowest BCUT2D eigenvalue weighted by atomic mass is 9.92. The van der Waals surface area contributed by atoms with E-state index in [0.29, 0.717) is 25.7 Å². The minimum atomic E-state index is -1.09. The smallest absolute Gasteiger partial charge is 0.305 e. The molecule has 0 aliphatic rings. The van der Waals surface area contributed by atoms with Crippen molar-refractivity contribution in [1.82, 2.24) is 0 Å². The van der Waals surface area contributed by atoms with Gasteiger partial charge in [-0.25, -0.2) is 0 Å². The third kappa shape index (κ3) is 13.2. The van der Waals surface area contributed by atoms with Gasteiger partial charge in [0.1, 0.15) is 19.8 Å². The number of aliphatic hydroxyl groups is 1. The molecule has 0 radical (unpaired) electrons. The monoisotopic (exact) mass is 418 g/mol. The summed E-state index contributed by atoms with van der Waals surface area (Å²) >= 11 is 0. The molecule has 0 heterocycles. The van der Waals surface area contributed by atoms with Gasteiger partial charge in [-0.05, 0) is 25.7 Å². The van der Waals surface area contributed by atoms with Gasteiger partial charge in [-0.1, -0.05) is 34.1 Å². The van der Waals surface area contributed by atoms with E-state index in [1.807, 2.05) is 27.7 Å². The van der Waals surface area contributed by atoms with Crippen LogP contribution in [0.4, 0.5) is 0 Å². The average molecular weight is 419 g/mol. The lowest BCUT2D eigenvalue weighted by molar-refractivity contribution is -0.181. The van der Waals surface area contributed by atoms with Crippen molar-refractivity contribution in [3.8, 4) is 0 Å². The van der Waals surface area contributed by atoms with Crippen molar-refractivity contribution in [2.24, 2.45) is 5.41 Å². The Kier molecular flexibility index (Phi) is 15.2. The highest BCUT2D eigenvalue weighted by atomic mass is 16.6. The van der Waals surface area contributed by atoms with Crippen LogP contribution in [0, 0.1) is 5.41 Å². The molecule has 8 heteroatoms. The van der Waals surface area contributed by atoms with Gasteiger partial charge < -0.3 is 24.1 Å². The third-order valence-corrected chi connectivity index (χ3v) is 4.10. The van der Waals surface area contributed by atoms with E-state index in [4.69, 9.17) is 18.9 Å². The summed E-state index contributed by atoms with van der Waals surface area (Å²) in [6.45, 7) is 6.95. The minimum Gasteiger partial charge on any atom is -0.465 e. The molecule has 0 aliphatic carbocycles. The Labute approximate surface area is 174 Å². The molecule has 170 valence electrons. The van der Waals surface area contributed by atoms with E-state index in [0.717, 1.165) is 6.42 Å². The highest BCUT2D eigenvalue weighted by molar-refractivity contribution is 5.70. The standard InChI is InChI=1S/C21H38O8/c1-5-9-17(22)26-13-21(14-27-18(23)10-6-2,15-28-19(24)11-7-3)16-29-20(25)12-8-4/h17,22H,5-16H2,1-4H3. The van der Waals surface area contributed by atoms with Gasteiger partial charge in [0.2, 0.25) is 0 Å². The van der Waals surface area contributed by atoms with E-state index < -0.39 is 29.6 Å². The summed E-state index contributed by atoms with van der Waals surface area (Å²) in [6.07, 6.45) is 2.79. The molecule has 0 saturated heterocycles. The van der Waals surface area contributed by atoms with Crippen LogP contribution in [0.3, 0.4) is 0 Å². The number of carbonyl (C=O) groups is 3. The molecule has 0 saturated carbocycles. The molecule has 0 amide bonds. The van der Waals surface area contributed by atoms with Crippen LogP contribution in [0.25, 0.3) is 0 Å². The van der Waals surface area contributed by atoms with E-state index in [-0.39, 0.29) is 45.7 Å². The zero-order valence-corrected chi connectivity index (χ0v) is 18.4. The molecule has 0 fully saturated rings. The van der Waals surface area contributed by atoms with Crippen LogP contribution in [-0.4, -0.2) is 55.7 Å². The topological polar surface area (TPSA) is 108 Å². The predicted molar refractivity (Wildman–Crippen MR) is 107 cm³/mol. The number of carbonyl (C=O) groups excluding carboxylic acids is 3. The maximum absolute atomic E-state index is 11.9. The highest BCUT2D eigenvalue weighted by Gasteiger charge is 2.37. The summed E-state index contributed by atoms with van der Waals surface area (Å²) < 4.78 is 21.5. The Balaban J connectivity index is 5.33. The van der Waals surface area contributed by atoms with E-state index >= 15 is 0 Å². The summed E-state index contributed by atoms with van der Waals surface area (Å²) in [7, 11) is 0. The largest absolute Gasteiger partial charge is 0.465 e. The molecule has 1 N–H and O–H groups in total. The predicted octanol–water partition coefficient (Wildman–Crippen LogP) is 3.14. The van der Waals surface area contributed by atoms with Crippen molar-refractivity contribution in [2.45, 2.75) is 85.4 Å². The fraction of sp³-hybridized carbons (Fsp3) is 0.857. The number of rotatable bonds is 17. The molecule has 29 heavy (non-hydrogen) atoms. The first-order chi connectivity index (χ1) is 13.8. The summed E-state index contributed by atoms with van der Waals surface area (Å²) in [5.41, 5.74) is -1.09. The normalized spacial score (nSPS) is 12.3. The van der Waals surface area contributed by atoms with Crippen molar-refractivity contribution >= 4 is 17.9 Å². The van der Waals surface area contributed by atoms with Crippen molar-refractivity contribution < 1.29 is 38.4 Å². The summed E-state index contributed by atoms with van der Waals surface area (Å²) in [5, 5.41) is 9.95. The Hall–Kier alpha value is -1.67. The Bertz CT molecular complexity index is 422. The van der Waals surface area contributed by atoms with Gasteiger partial charge >= 0.3 is 17.9 Å². The fourth-order valence-electron chi connectivity index (χ4n) is 2.38. The lowest BCUT2D eigenvalue weighted by Gasteiger charge is -2.32. The van der Waals surface area contributed by atoms with Crippen molar-refractivity contribution in [3.63, 3.8) is 0 Å². The maximum atomic E-state index is 11.9. The van der Waals surface area contributed by atoms with E-state index in [1.165, 1.54) is 0 Å². The van der Waals surface area contributed by atoms with E-state index in [1.54, 1.807) is 0 Å². The third-order valence-electron chi connectivity index (χ3n) is 4.10. The van der Waals surface area contributed by atoms with Gasteiger partial charge in [0.25, 0.3) is 0 Å². The van der Waals surface area contributed by atoms with Crippen LogP contribution in [0.5, 0.6) is 0 Å². The van der Waals surface area contributed by atoms with Crippen molar-refractivity contribution in [1.29, 1.82) is 0 Å². The molecule has 0 bridgehead atoms. The molecule has 1 atom stereocenters. The van der Waals surface area contributed by atoms with Gasteiger partial charge in [-0.2, -0.15) is 0 Å². The molecular weight excluding hydrogens is 380 g/mol. The first kappa shape index (κ1) is 27.3. The van der Waals surface area contributed by atoms with Gasteiger partial charge in [-0.3, -0.25) is 14.4 Å². The van der Waals surface area contributed by atoms with Crippen LogP contribution in [0.1, 0.15) is 79.1 Å². The molecule has 0 aromatic carbocycles. The van der Waals surface area contributed by atoms with E-state index in [9.17, 15) is 19.5 Å².